The first-order chi connectivity index (χ1) is 11.8. The van der Waals surface area contributed by atoms with Crippen molar-refractivity contribution in [1.29, 1.82) is 0 Å². The number of anilines is 1. The van der Waals surface area contributed by atoms with E-state index < -0.39 is 0 Å². The van der Waals surface area contributed by atoms with Crippen LogP contribution in [-0.4, -0.2) is 31.9 Å². The summed E-state index contributed by atoms with van der Waals surface area (Å²) in [6.45, 7) is 0. The molecule has 8 heteroatoms. The summed E-state index contributed by atoms with van der Waals surface area (Å²) in [5, 5.41) is 18.9. The van der Waals surface area contributed by atoms with Crippen LogP contribution in [0.25, 0.3) is 11.3 Å². The number of hydrogen-bond donors (Lipinski definition) is 3. The third kappa shape index (κ3) is 3.13. The molecule has 2 amide bonds. The minimum absolute atomic E-state index is 0.135. The number of benzene rings is 1. The van der Waals surface area contributed by atoms with Crippen molar-refractivity contribution in [3.8, 4) is 11.3 Å². The lowest BCUT2D eigenvalue weighted by atomic mass is 9.94. The van der Waals surface area contributed by atoms with Crippen molar-refractivity contribution < 1.29 is 4.79 Å². The number of nitrogens with one attached hydrogen (secondary N) is 3. The zero-order chi connectivity index (χ0) is 16.4. The highest BCUT2D eigenvalue weighted by molar-refractivity contribution is 7.03. The Kier molecular flexibility index (Phi) is 3.96. The van der Waals surface area contributed by atoms with E-state index in [2.05, 4.69) is 30.4 Å². The van der Waals surface area contributed by atoms with Gasteiger partial charge in [-0.25, -0.2) is 4.79 Å². The second-order valence-electron chi connectivity index (χ2n) is 5.78. The molecule has 1 aliphatic carbocycles. The lowest BCUT2D eigenvalue weighted by Crippen LogP contribution is -2.41. The first kappa shape index (κ1) is 14.8. The zero-order valence-corrected chi connectivity index (χ0v) is 13.6. The molecular formula is C16H16N6OS. The molecule has 0 bridgehead atoms. The van der Waals surface area contributed by atoms with Crippen LogP contribution in [0.4, 0.5) is 10.5 Å². The molecule has 0 radical (unpaired) electrons. The molecule has 122 valence electrons. The van der Waals surface area contributed by atoms with E-state index >= 15 is 0 Å². The summed E-state index contributed by atoms with van der Waals surface area (Å²) in [7, 11) is 0. The number of hydrogen-bond acceptors (Lipinski definition) is 5. The topological polar surface area (TPSA) is 95.6 Å². The average Bonchev–Trinajstić information content (AvgIpc) is 3.26. The normalized spacial score (nSPS) is 16.4. The molecule has 2 aromatic heterocycles. The number of aryl methyl sites for hydroxylation is 1. The monoisotopic (exact) mass is 340 g/mol. The van der Waals surface area contributed by atoms with Gasteiger partial charge < -0.3 is 10.6 Å². The molecule has 4 rings (SSSR count). The Labute approximate surface area is 142 Å². The van der Waals surface area contributed by atoms with Crippen LogP contribution < -0.4 is 10.6 Å². The Balaban J connectivity index is 1.35. The number of carbonyl (C=O) groups is 1. The Morgan fingerprint density at radius 2 is 2.17 bits per heavy atom. The maximum Gasteiger partial charge on any atom is 0.319 e. The molecule has 0 spiro atoms. The number of amides is 2. The summed E-state index contributed by atoms with van der Waals surface area (Å²) in [6.07, 6.45) is 4.48. The smallest absolute Gasteiger partial charge is 0.319 e. The summed E-state index contributed by atoms with van der Waals surface area (Å²) in [6, 6.07) is 7.52. The Morgan fingerprint density at radius 1 is 1.29 bits per heavy atom. The molecule has 0 fully saturated rings. The first-order valence-electron chi connectivity index (χ1n) is 7.74. The fourth-order valence-electron chi connectivity index (χ4n) is 2.91. The fourth-order valence-corrected chi connectivity index (χ4v) is 3.37. The fraction of sp³-hybridized carbons (Fsp3) is 0.250. The van der Waals surface area contributed by atoms with Gasteiger partial charge in [0.2, 0.25) is 0 Å². The zero-order valence-electron chi connectivity index (χ0n) is 12.8. The van der Waals surface area contributed by atoms with Gasteiger partial charge in [0.1, 0.15) is 5.69 Å². The molecule has 3 aromatic rings. The molecule has 1 aliphatic rings. The van der Waals surface area contributed by atoms with Crippen LogP contribution in [-0.2, 0) is 12.8 Å². The molecule has 1 atom stereocenters. The average molecular weight is 340 g/mol. The van der Waals surface area contributed by atoms with Crippen LogP contribution >= 0.6 is 11.5 Å². The number of fused-ring (bicyclic) bond motifs is 1. The number of aromatic amines is 1. The molecule has 0 aliphatic heterocycles. The van der Waals surface area contributed by atoms with E-state index in [0.29, 0.717) is 0 Å². The standard InChI is InChI=1S/C16H16N6OS/c23-16(19-13-5-6-14-11(7-13)8-17-20-14)18-12-3-1-10(2-4-12)15-9-24-22-21-15/h1-4,8-9,13H,5-7H2,(H,17,20)(H2,18,19,23)/t13-/m0/s1. The predicted octanol–water partition coefficient (Wildman–Crippen LogP) is 2.61. The summed E-state index contributed by atoms with van der Waals surface area (Å²) >= 11 is 1.32. The summed E-state index contributed by atoms with van der Waals surface area (Å²) in [5.74, 6) is 0. The van der Waals surface area contributed by atoms with Crippen LogP contribution in [0.15, 0.2) is 35.8 Å². The minimum atomic E-state index is -0.185. The van der Waals surface area contributed by atoms with Gasteiger partial charge in [-0.3, -0.25) is 5.10 Å². The highest BCUT2D eigenvalue weighted by Crippen LogP contribution is 2.21. The second-order valence-corrected chi connectivity index (χ2v) is 6.39. The molecular weight excluding hydrogens is 324 g/mol. The van der Waals surface area contributed by atoms with Crippen molar-refractivity contribution in [2.45, 2.75) is 25.3 Å². The first-order valence-corrected chi connectivity index (χ1v) is 8.58. The van der Waals surface area contributed by atoms with E-state index in [1.807, 2.05) is 35.8 Å². The van der Waals surface area contributed by atoms with Gasteiger partial charge in [-0.1, -0.05) is 16.6 Å². The van der Waals surface area contributed by atoms with Crippen molar-refractivity contribution in [2.24, 2.45) is 0 Å². The predicted molar refractivity (Wildman–Crippen MR) is 91.9 cm³/mol. The largest absolute Gasteiger partial charge is 0.335 e. The van der Waals surface area contributed by atoms with Crippen LogP contribution in [0.1, 0.15) is 17.7 Å². The van der Waals surface area contributed by atoms with Gasteiger partial charge in [-0.05, 0) is 48.5 Å². The van der Waals surface area contributed by atoms with Crippen molar-refractivity contribution in [3.05, 3.63) is 47.1 Å². The number of urea groups is 1. The van der Waals surface area contributed by atoms with Crippen molar-refractivity contribution >= 4 is 23.3 Å². The van der Waals surface area contributed by atoms with Crippen molar-refractivity contribution in [1.82, 2.24) is 25.1 Å². The van der Waals surface area contributed by atoms with Crippen molar-refractivity contribution in [2.75, 3.05) is 5.32 Å². The molecule has 2 heterocycles. The SMILES string of the molecule is O=C(Nc1ccc(-c2csnn2)cc1)N[C@H]1CCc2[nH]ncc2C1. The lowest BCUT2D eigenvalue weighted by molar-refractivity contribution is 0.247. The van der Waals surface area contributed by atoms with Crippen LogP contribution in [0.3, 0.4) is 0 Å². The van der Waals surface area contributed by atoms with Crippen LogP contribution in [0, 0.1) is 0 Å². The number of nitrogens with zero attached hydrogens (tertiary/aromatic N) is 3. The van der Waals surface area contributed by atoms with Gasteiger partial charge in [0.05, 0.1) is 6.20 Å². The molecule has 0 saturated heterocycles. The summed E-state index contributed by atoms with van der Waals surface area (Å²) < 4.78 is 3.85. The molecule has 7 nitrogen and oxygen atoms in total. The maximum absolute atomic E-state index is 12.2. The van der Waals surface area contributed by atoms with Gasteiger partial charge in [0, 0.05) is 28.4 Å². The Hall–Kier alpha value is -2.74. The van der Waals surface area contributed by atoms with E-state index in [-0.39, 0.29) is 12.1 Å². The molecule has 24 heavy (non-hydrogen) atoms. The van der Waals surface area contributed by atoms with E-state index in [0.717, 1.165) is 36.2 Å². The summed E-state index contributed by atoms with van der Waals surface area (Å²) in [5.41, 5.74) is 4.94. The quantitative estimate of drug-likeness (QED) is 0.683. The Morgan fingerprint density at radius 3 is 2.96 bits per heavy atom. The molecule has 0 saturated carbocycles. The Bertz CT molecular complexity index is 827. The maximum atomic E-state index is 12.2. The van der Waals surface area contributed by atoms with Gasteiger partial charge in [-0.15, -0.1) is 5.10 Å². The number of carbonyl (C=O) groups excluding carboxylic acids is 1. The molecule has 3 N–H and O–H groups in total. The van der Waals surface area contributed by atoms with E-state index in [9.17, 15) is 4.79 Å². The molecule has 1 aromatic carbocycles. The van der Waals surface area contributed by atoms with E-state index in [1.165, 1.54) is 22.8 Å². The van der Waals surface area contributed by atoms with Crippen molar-refractivity contribution in [3.63, 3.8) is 0 Å². The third-order valence-corrected chi connectivity index (χ3v) is 4.66. The highest BCUT2D eigenvalue weighted by atomic mass is 32.1. The van der Waals surface area contributed by atoms with Crippen LogP contribution in [0.2, 0.25) is 0 Å². The number of aromatic nitrogens is 4. The van der Waals surface area contributed by atoms with Gasteiger partial charge >= 0.3 is 6.03 Å². The second kappa shape index (κ2) is 6.40. The van der Waals surface area contributed by atoms with Crippen LogP contribution in [0.5, 0.6) is 0 Å². The third-order valence-electron chi connectivity index (χ3n) is 4.15. The van der Waals surface area contributed by atoms with Gasteiger partial charge in [0.15, 0.2) is 0 Å². The van der Waals surface area contributed by atoms with Gasteiger partial charge in [0.25, 0.3) is 0 Å². The minimum Gasteiger partial charge on any atom is -0.335 e. The highest BCUT2D eigenvalue weighted by Gasteiger charge is 2.21. The van der Waals surface area contributed by atoms with E-state index in [1.54, 1.807) is 0 Å². The number of H-pyrrole nitrogens is 1. The van der Waals surface area contributed by atoms with E-state index in [4.69, 9.17) is 0 Å². The number of rotatable bonds is 3. The summed E-state index contributed by atoms with van der Waals surface area (Å²) in [4.78, 5) is 12.2. The molecule has 0 unspecified atom stereocenters. The van der Waals surface area contributed by atoms with Gasteiger partial charge in [-0.2, -0.15) is 5.10 Å². The lowest BCUT2D eigenvalue weighted by Gasteiger charge is -2.23.